The SMILES string of the molecule is CCCCN(CCCC)C(=S)NC(C)c1ccccc1. The molecule has 1 N–H and O–H groups in total. The molecule has 2 nitrogen and oxygen atoms in total. The number of rotatable bonds is 8. The van der Waals surface area contributed by atoms with Crippen LogP contribution in [-0.2, 0) is 0 Å². The Bertz CT molecular complexity index is 370. The summed E-state index contributed by atoms with van der Waals surface area (Å²) in [4.78, 5) is 2.32. The van der Waals surface area contributed by atoms with Crippen LogP contribution >= 0.6 is 12.2 Å². The van der Waals surface area contributed by atoms with E-state index in [0.717, 1.165) is 18.2 Å². The first-order valence-corrected chi connectivity index (χ1v) is 8.20. The molecule has 0 aliphatic heterocycles. The number of nitrogens with zero attached hydrogens (tertiary/aromatic N) is 1. The van der Waals surface area contributed by atoms with Crippen LogP contribution in [0.1, 0.15) is 58.1 Å². The number of thiocarbonyl (C=S) groups is 1. The number of hydrogen-bond donors (Lipinski definition) is 1. The van der Waals surface area contributed by atoms with Gasteiger partial charge in [0.05, 0.1) is 6.04 Å². The highest BCUT2D eigenvalue weighted by Gasteiger charge is 2.12. The van der Waals surface area contributed by atoms with Gasteiger partial charge in [-0.25, -0.2) is 0 Å². The zero-order chi connectivity index (χ0) is 14.8. The Kier molecular flexibility index (Phi) is 8.28. The minimum atomic E-state index is 0.259. The van der Waals surface area contributed by atoms with Gasteiger partial charge in [0.15, 0.2) is 5.11 Å². The van der Waals surface area contributed by atoms with Gasteiger partial charge in [-0.2, -0.15) is 0 Å². The van der Waals surface area contributed by atoms with Crippen molar-refractivity contribution >= 4 is 17.3 Å². The summed E-state index contributed by atoms with van der Waals surface area (Å²) < 4.78 is 0. The van der Waals surface area contributed by atoms with Crippen LogP contribution in [0.15, 0.2) is 30.3 Å². The minimum absolute atomic E-state index is 0.259. The largest absolute Gasteiger partial charge is 0.356 e. The quantitative estimate of drug-likeness (QED) is 0.709. The predicted octanol–water partition coefficient (Wildman–Crippen LogP) is 4.52. The van der Waals surface area contributed by atoms with Gasteiger partial charge in [-0.05, 0) is 37.5 Å². The standard InChI is InChI=1S/C17H28N2S/c1-4-6-13-19(14-7-5-2)17(20)18-15(3)16-11-9-8-10-12-16/h8-12,15H,4-7,13-14H2,1-3H3,(H,18,20). The molecule has 20 heavy (non-hydrogen) atoms. The molecule has 0 aliphatic carbocycles. The molecule has 0 saturated carbocycles. The van der Waals surface area contributed by atoms with Gasteiger partial charge in [0.25, 0.3) is 0 Å². The van der Waals surface area contributed by atoms with E-state index in [4.69, 9.17) is 12.2 Å². The molecule has 0 spiro atoms. The summed E-state index contributed by atoms with van der Waals surface area (Å²) in [5.41, 5.74) is 1.28. The van der Waals surface area contributed by atoms with Crippen molar-refractivity contribution in [3.8, 4) is 0 Å². The maximum atomic E-state index is 5.59. The first-order chi connectivity index (χ1) is 9.69. The summed E-state index contributed by atoms with van der Waals surface area (Å²) in [6.45, 7) is 8.73. The smallest absolute Gasteiger partial charge is 0.169 e. The molecule has 0 fully saturated rings. The van der Waals surface area contributed by atoms with Crippen LogP contribution in [0, 0.1) is 0 Å². The molecule has 0 aliphatic rings. The van der Waals surface area contributed by atoms with Crippen LogP contribution in [0.5, 0.6) is 0 Å². The average molecular weight is 292 g/mol. The number of unbranched alkanes of at least 4 members (excludes halogenated alkanes) is 2. The van der Waals surface area contributed by atoms with Crippen molar-refractivity contribution in [1.82, 2.24) is 10.2 Å². The summed E-state index contributed by atoms with van der Waals surface area (Å²) in [7, 11) is 0. The second-order valence-corrected chi connectivity index (χ2v) is 5.66. The van der Waals surface area contributed by atoms with Gasteiger partial charge >= 0.3 is 0 Å². The Hall–Kier alpha value is -1.09. The molecule has 1 aromatic carbocycles. The van der Waals surface area contributed by atoms with Crippen LogP contribution in [0.4, 0.5) is 0 Å². The van der Waals surface area contributed by atoms with E-state index >= 15 is 0 Å². The van der Waals surface area contributed by atoms with Crippen molar-refractivity contribution in [2.24, 2.45) is 0 Å². The van der Waals surface area contributed by atoms with Gasteiger partial charge in [-0.3, -0.25) is 0 Å². The number of benzene rings is 1. The van der Waals surface area contributed by atoms with Crippen LogP contribution < -0.4 is 5.32 Å². The fourth-order valence-electron chi connectivity index (χ4n) is 2.11. The van der Waals surface area contributed by atoms with Crippen LogP contribution in [0.25, 0.3) is 0 Å². The van der Waals surface area contributed by atoms with Gasteiger partial charge in [0.2, 0.25) is 0 Å². The molecule has 1 rings (SSSR count). The third-order valence-electron chi connectivity index (χ3n) is 3.49. The van der Waals surface area contributed by atoms with Crippen LogP contribution in [-0.4, -0.2) is 23.1 Å². The molecule has 0 heterocycles. The van der Waals surface area contributed by atoms with Gasteiger partial charge < -0.3 is 10.2 Å². The van der Waals surface area contributed by atoms with Gasteiger partial charge in [0, 0.05) is 13.1 Å². The van der Waals surface area contributed by atoms with E-state index in [-0.39, 0.29) is 6.04 Å². The number of hydrogen-bond acceptors (Lipinski definition) is 1. The lowest BCUT2D eigenvalue weighted by atomic mass is 10.1. The lowest BCUT2D eigenvalue weighted by Gasteiger charge is -2.28. The topological polar surface area (TPSA) is 15.3 Å². The zero-order valence-corrected chi connectivity index (χ0v) is 13.9. The van der Waals surface area contributed by atoms with E-state index in [1.165, 1.54) is 31.2 Å². The summed E-state index contributed by atoms with van der Waals surface area (Å²) >= 11 is 5.59. The van der Waals surface area contributed by atoms with E-state index in [1.54, 1.807) is 0 Å². The lowest BCUT2D eigenvalue weighted by Crippen LogP contribution is -2.41. The molecular weight excluding hydrogens is 264 g/mol. The first kappa shape index (κ1) is 17.0. The predicted molar refractivity (Wildman–Crippen MR) is 92.0 cm³/mol. The maximum Gasteiger partial charge on any atom is 0.169 e. The maximum absolute atomic E-state index is 5.59. The van der Waals surface area contributed by atoms with E-state index in [0.29, 0.717) is 0 Å². The van der Waals surface area contributed by atoms with Crippen LogP contribution in [0.3, 0.4) is 0 Å². The minimum Gasteiger partial charge on any atom is -0.356 e. The fraction of sp³-hybridized carbons (Fsp3) is 0.588. The molecule has 1 aromatic rings. The molecule has 112 valence electrons. The molecular formula is C17H28N2S. The Labute approximate surface area is 129 Å². The van der Waals surface area contributed by atoms with E-state index < -0.39 is 0 Å². The fourth-order valence-corrected chi connectivity index (χ4v) is 2.47. The number of nitrogens with one attached hydrogen (secondary N) is 1. The Morgan fingerprint density at radius 1 is 1.10 bits per heavy atom. The molecule has 1 unspecified atom stereocenters. The normalized spacial score (nSPS) is 11.9. The van der Waals surface area contributed by atoms with Crippen molar-refractivity contribution in [1.29, 1.82) is 0 Å². The molecule has 0 bridgehead atoms. The van der Waals surface area contributed by atoms with Crippen molar-refractivity contribution in [3.63, 3.8) is 0 Å². The van der Waals surface area contributed by atoms with E-state index in [2.05, 4.69) is 55.3 Å². The average Bonchev–Trinajstić information content (AvgIpc) is 2.48. The second kappa shape index (κ2) is 9.76. The summed E-state index contributed by atoms with van der Waals surface area (Å²) in [5, 5.41) is 4.36. The lowest BCUT2D eigenvalue weighted by molar-refractivity contribution is 0.388. The first-order valence-electron chi connectivity index (χ1n) is 7.79. The van der Waals surface area contributed by atoms with Crippen molar-refractivity contribution in [3.05, 3.63) is 35.9 Å². The van der Waals surface area contributed by atoms with Crippen molar-refractivity contribution in [2.45, 2.75) is 52.5 Å². The third-order valence-corrected chi connectivity index (χ3v) is 3.87. The Morgan fingerprint density at radius 3 is 2.15 bits per heavy atom. The highest BCUT2D eigenvalue weighted by Crippen LogP contribution is 2.12. The van der Waals surface area contributed by atoms with E-state index in [9.17, 15) is 0 Å². The molecule has 0 aromatic heterocycles. The van der Waals surface area contributed by atoms with Gasteiger partial charge in [0.1, 0.15) is 0 Å². The molecule has 0 radical (unpaired) electrons. The highest BCUT2D eigenvalue weighted by molar-refractivity contribution is 7.80. The molecule has 0 amide bonds. The highest BCUT2D eigenvalue weighted by atomic mass is 32.1. The second-order valence-electron chi connectivity index (χ2n) is 5.28. The van der Waals surface area contributed by atoms with Crippen molar-refractivity contribution in [2.75, 3.05) is 13.1 Å². The molecule has 1 atom stereocenters. The van der Waals surface area contributed by atoms with Crippen LogP contribution in [0.2, 0.25) is 0 Å². The Morgan fingerprint density at radius 2 is 1.65 bits per heavy atom. The third kappa shape index (κ3) is 5.91. The van der Waals surface area contributed by atoms with Gasteiger partial charge in [-0.1, -0.05) is 57.0 Å². The zero-order valence-electron chi connectivity index (χ0n) is 13.1. The Balaban J connectivity index is 2.55. The van der Waals surface area contributed by atoms with E-state index in [1.807, 2.05) is 6.07 Å². The monoisotopic (exact) mass is 292 g/mol. The van der Waals surface area contributed by atoms with Gasteiger partial charge in [-0.15, -0.1) is 0 Å². The molecule has 0 saturated heterocycles. The van der Waals surface area contributed by atoms with Crippen molar-refractivity contribution < 1.29 is 0 Å². The summed E-state index contributed by atoms with van der Waals surface area (Å²) in [6, 6.07) is 10.7. The molecule has 3 heteroatoms. The summed E-state index contributed by atoms with van der Waals surface area (Å²) in [6.07, 6.45) is 4.81. The summed E-state index contributed by atoms with van der Waals surface area (Å²) in [5.74, 6) is 0.